The van der Waals surface area contributed by atoms with E-state index in [9.17, 15) is 0 Å². The summed E-state index contributed by atoms with van der Waals surface area (Å²) in [5.41, 5.74) is 0. The SMILES string of the molecule is P.S.[K].[Si]. The minimum absolute atomic E-state index is 0. The van der Waals surface area contributed by atoms with Crippen LogP contribution in [-0.4, -0.2) is 62.3 Å². The average molecular weight is 135 g/mol. The van der Waals surface area contributed by atoms with Crippen molar-refractivity contribution in [1.82, 2.24) is 0 Å². The summed E-state index contributed by atoms with van der Waals surface area (Å²) >= 11 is 0. The molecule has 0 nitrogen and oxygen atoms in total. The fourth-order valence-corrected chi connectivity index (χ4v) is 0. The van der Waals surface area contributed by atoms with Gasteiger partial charge in [0.15, 0.2) is 0 Å². The monoisotopic (exact) mass is 135 g/mol. The van der Waals surface area contributed by atoms with Crippen molar-refractivity contribution >= 4 is 85.7 Å². The fraction of sp³-hybridized carbons (Fsp3) is 0. The maximum Gasteiger partial charge on any atom is 0 e. The molecular formula is H5KPSSi. The van der Waals surface area contributed by atoms with Crippen LogP contribution in [0, 0.1) is 0 Å². The molecule has 0 aliphatic rings. The molecule has 4 heavy (non-hydrogen) atoms. The third-order valence-corrected chi connectivity index (χ3v) is 0. The Morgan fingerprint density at radius 2 is 1.00 bits per heavy atom. The third-order valence-electron chi connectivity index (χ3n) is 0. The summed E-state index contributed by atoms with van der Waals surface area (Å²) in [5, 5.41) is 0. The standard InChI is InChI=1S/K.H3P.H2S.Si/h;1H3;1H2;. The van der Waals surface area contributed by atoms with Gasteiger partial charge in [-0.25, -0.2) is 0 Å². The molecule has 0 spiro atoms. The molecule has 0 heterocycles. The maximum absolute atomic E-state index is 0. The molecular weight excluding hydrogens is 130 g/mol. The van der Waals surface area contributed by atoms with E-state index < -0.39 is 0 Å². The zero-order chi connectivity index (χ0) is 0. The van der Waals surface area contributed by atoms with Gasteiger partial charge in [-0.3, -0.25) is 0 Å². The van der Waals surface area contributed by atoms with Crippen LogP contribution in [0.15, 0.2) is 0 Å². The van der Waals surface area contributed by atoms with E-state index in [-0.39, 0.29) is 85.7 Å². The zero-order valence-corrected chi connectivity index (χ0v) is 9.24. The molecule has 0 saturated heterocycles. The zero-order valence-electron chi connectivity index (χ0n) is 2.71. The molecule has 0 fully saturated rings. The van der Waals surface area contributed by atoms with Crippen LogP contribution >= 0.6 is 23.4 Å². The Balaban J connectivity index is 0. The van der Waals surface area contributed by atoms with Crippen LogP contribution in [0.25, 0.3) is 0 Å². The molecule has 0 rings (SSSR count). The van der Waals surface area contributed by atoms with Gasteiger partial charge < -0.3 is 0 Å². The second-order valence-corrected chi connectivity index (χ2v) is 0. The van der Waals surface area contributed by atoms with Crippen LogP contribution < -0.4 is 0 Å². The Morgan fingerprint density at radius 3 is 1.00 bits per heavy atom. The number of hydrogen-bond donors (Lipinski definition) is 0. The molecule has 0 bridgehead atoms. The van der Waals surface area contributed by atoms with Crippen molar-refractivity contribution in [3.8, 4) is 0 Å². The second-order valence-electron chi connectivity index (χ2n) is 0. The van der Waals surface area contributed by atoms with Gasteiger partial charge in [0.25, 0.3) is 0 Å². The molecule has 0 aromatic carbocycles. The predicted molar refractivity (Wildman–Crippen MR) is 33.0 cm³/mol. The molecule has 0 amide bonds. The van der Waals surface area contributed by atoms with Gasteiger partial charge in [-0.2, -0.15) is 23.4 Å². The molecule has 0 N–H and O–H groups in total. The molecule has 0 saturated carbocycles. The van der Waals surface area contributed by atoms with Gasteiger partial charge in [-0.15, -0.1) is 0 Å². The molecule has 1 unspecified atom stereocenters. The van der Waals surface area contributed by atoms with E-state index in [1.54, 1.807) is 0 Å². The molecule has 0 aromatic heterocycles. The van der Waals surface area contributed by atoms with Crippen molar-refractivity contribution in [2.45, 2.75) is 0 Å². The Kier molecular flexibility index (Phi) is 132. The Morgan fingerprint density at radius 1 is 1.00 bits per heavy atom. The summed E-state index contributed by atoms with van der Waals surface area (Å²) in [7, 11) is 0. The molecule has 0 aliphatic carbocycles. The van der Waals surface area contributed by atoms with Gasteiger partial charge in [0, 0.05) is 62.3 Å². The Labute approximate surface area is 84.0 Å². The van der Waals surface area contributed by atoms with Crippen molar-refractivity contribution < 1.29 is 0 Å². The van der Waals surface area contributed by atoms with Gasteiger partial charge in [-0.1, -0.05) is 0 Å². The summed E-state index contributed by atoms with van der Waals surface area (Å²) in [6.45, 7) is 0. The van der Waals surface area contributed by atoms with Crippen LogP contribution in [-0.2, 0) is 0 Å². The van der Waals surface area contributed by atoms with Crippen LogP contribution in [0.4, 0.5) is 0 Å². The van der Waals surface area contributed by atoms with Crippen molar-refractivity contribution in [3.63, 3.8) is 0 Å². The van der Waals surface area contributed by atoms with E-state index in [1.165, 1.54) is 0 Å². The summed E-state index contributed by atoms with van der Waals surface area (Å²) in [4.78, 5) is 0. The molecule has 21 valence electrons. The van der Waals surface area contributed by atoms with E-state index in [0.29, 0.717) is 0 Å². The third kappa shape index (κ3) is 8.82. The summed E-state index contributed by atoms with van der Waals surface area (Å²) in [6.07, 6.45) is 0. The first kappa shape index (κ1) is 30.4. The van der Waals surface area contributed by atoms with Crippen molar-refractivity contribution in [2.24, 2.45) is 0 Å². The van der Waals surface area contributed by atoms with Crippen LogP contribution in [0.2, 0.25) is 0 Å². The summed E-state index contributed by atoms with van der Waals surface area (Å²) < 4.78 is 0. The first-order chi connectivity index (χ1) is 0. The van der Waals surface area contributed by atoms with Crippen LogP contribution in [0.5, 0.6) is 0 Å². The van der Waals surface area contributed by atoms with Gasteiger partial charge in [0.1, 0.15) is 0 Å². The predicted octanol–water partition coefficient (Wildman–Crippen LogP) is -0.591. The topological polar surface area (TPSA) is 0 Å². The smallest absolute Gasteiger partial charge is 0 e. The quantitative estimate of drug-likeness (QED) is 0.308. The van der Waals surface area contributed by atoms with Crippen molar-refractivity contribution in [2.75, 3.05) is 0 Å². The molecule has 1 atom stereocenters. The Bertz CT molecular complexity index is 8.00. The average Bonchev–Trinajstić information content (AvgIpc) is 0. The molecule has 5 radical (unpaired) electrons. The van der Waals surface area contributed by atoms with Gasteiger partial charge in [-0.05, 0) is 0 Å². The van der Waals surface area contributed by atoms with E-state index in [4.69, 9.17) is 0 Å². The minimum Gasteiger partial charge on any atom is -0.197 e. The maximum atomic E-state index is 0. The van der Waals surface area contributed by atoms with E-state index in [2.05, 4.69) is 0 Å². The second kappa shape index (κ2) is 17.4. The molecule has 0 aliphatic heterocycles. The van der Waals surface area contributed by atoms with Gasteiger partial charge in [0.2, 0.25) is 0 Å². The molecule has 0 aromatic rings. The van der Waals surface area contributed by atoms with Crippen molar-refractivity contribution in [1.29, 1.82) is 0 Å². The van der Waals surface area contributed by atoms with Gasteiger partial charge >= 0.3 is 0 Å². The molecule has 4 heteroatoms. The van der Waals surface area contributed by atoms with Crippen LogP contribution in [0.3, 0.4) is 0 Å². The first-order valence-electron chi connectivity index (χ1n) is 0. The number of hydrogen-bond acceptors (Lipinski definition) is 0. The van der Waals surface area contributed by atoms with Gasteiger partial charge in [0.05, 0.1) is 0 Å². The first-order valence-corrected chi connectivity index (χ1v) is 0. The fourth-order valence-electron chi connectivity index (χ4n) is 0. The Hall–Kier alpha value is 2.63. The van der Waals surface area contributed by atoms with E-state index in [1.807, 2.05) is 0 Å². The van der Waals surface area contributed by atoms with E-state index >= 15 is 0 Å². The van der Waals surface area contributed by atoms with E-state index in [0.717, 1.165) is 0 Å². The summed E-state index contributed by atoms with van der Waals surface area (Å²) in [5.74, 6) is 0. The largest absolute Gasteiger partial charge is 0.197 e. The van der Waals surface area contributed by atoms with Crippen molar-refractivity contribution in [3.05, 3.63) is 0 Å². The number of rotatable bonds is 0. The minimum atomic E-state index is 0. The normalized spacial score (nSPS) is 0. The summed E-state index contributed by atoms with van der Waals surface area (Å²) in [6, 6.07) is 0. The van der Waals surface area contributed by atoms with Crippen LogP contribution in [0.1, 0.15) is 0 Å².